The molecule has 0 spiro atoms. The molecule has 0 amide bonds. The molecule has 0 radical (unpaired) electrons. The van der Waals surface area contributed by atoms with Crippen LogP contribution in [0.2, 0.25) is 0 Å². The van der Waals surface area contributed by atoms with Crippen LogP contribution in [-0.4, -0.2) is 21.8 Å². The highest BCUT2D eigenvalue weighted by Gasteiger charge is 2.19. The van der Waals surface area contributed by atoms with E-state index in [9.17, 15) is 13.6 Å². The van der Waals surface area contributed by atoms with Crippen molar-refractivity contribution in [3.05, 3.63) is 18.2 Å². The highest BCUT2D eigenvalue weighted by molar-refractivity contribution is 5.96. The lowest BCUT2D eigenvalue weighted by Crippen LogP contribution is -2.10. The molecule has 0 aromatic carbocycles. The number of rotatable bonds is 3. The minimum atomic E-state index is -2.97. The van der Waals surface area contributed by atoms with Gasteiger partial charge in [-0.05, 0) is 6.92 Å². The third-order valence-corrected chi connectivity index (χ3v) is 1.45. The highest BCUT2D eigenvalue weighted by atomic mass is 19.3. The van der Waals surface area contributed by atoms with Crippen LogP contribution in [0.1, 0.15) is 17.4 Å². The van der Waals surface area contributed by atoms with Crippen LogP contribution in [0.5, 0.6) is 0 Å². The van der Waals surface area contributed by atoms with Crippen LogP contribution in [0.3, 0.4) is 0 Å². The fourth-order valence-electron chi connectivity index (χ4n) is 0.772. The van der Waals surface area contributed by atoms with Gasteiger partial charge in [-0.1, -0.05) is 0 Å². The van der Waals surface area contributed by atoms with Crippen molar-refractivity contribution in [3.63, 3.8) is 0 Å². The number of ketones is 1. The van der Waals surface area contributed by atoms with Gasteiger partial charge < -0.3 is 4.57 Å². The SMILES string of the molecule is CCn1cnc(C(=O)C(F)F)c1. The van der Waals surface area contributed by atoms with E-state index in [1.54, 1.807) is 4.57 Å². The number of alkyl halides is 2. The van der Waals surface area contributed by atoms with Crippen molar-refractivity contribution in [3.8, 4) is 0 Å². The summed E-state index contributed by atoms with van der Waals surface area (Å²) in [7, 11) is 0. The summed E-state index contributed by atoms with van der Waals surface area (Å²) in [5, 5.41) is 0. The number of imidazole rings is 1. The minimum Gasteiger partial charge on any atom is -0.337 e. The van der Waals surface area contributed by atoms with E-state index in [1.165, 1.54) is 12.5 Å². The fourth-order valence-corrected chi connectivity index (χ4v) is 0.772. The van der Waals surface area contributed by atoms with E-state index in [0.29, 0.717) is 6.54 Å². The van der Waals surface area contributed by atoms with Crippen molar-refractivity contribution in [1.82, 2.24) is 9.55 Å². The fraction of sp³-hybridized carbons (Fsp3) is 0.429. The largest absolute Gasteiger partial charge is 0.337 e. The Labute approximate surface area is 68.0 Å². The number of Topliss-reactive ketones (excluding diaryl/α,β-unsaturated/α-hetero) is 1. The molecule has 1 rings (SSSR count). The molecule has 1 aromatic heterocycles. The molecule has 0 saturated carbocycles. The first-order chi connectivity index (χ1) is 5.65. The number of hydrogen-bond donors (Lipinski definition) is 0. The standard InChI is InChI=1S/C7H8F2N2O/c1-2-11-3-5(10-4-11)6(12)7(8)9/h3-4,7H,2H2,1H3. The smallest absolute Gasteiger partial charge is 0.302 e. The van der Waals surface area contributed by atoms with Crippen LogP contribution >= 0.6 is 0 Å². The van der Waals surface area contributed by atoms with Gasteiger partial charge in [0, 0.05) is 12.7 Å². The zero-order chi connectivity index (χ0) is 9.14. The molecular formula is C7H8F2N2O. The summed E-state index contributed by atoms with van der Waals surface area (Å²) >= 11 is 0. The molecule has 0 bridgehead atoms. The van der Waals surface area contributed by atoms with E-state index in [0.717, 1.165) is 0 Å². The number of carbonyl (C=O) groups excluding carboxylic acids is 1. The van der Waals surface area contributed by atoms with Gasteiger partial charge in [-0.3, -0.25) is 4.79 Å². The average Bonchev–Trinajstić information content (AvgIpc) is 2.50. The molecular weight excluding hydrogens is 166 g/mol. The molecule has 3 nitrogen and oxygen atoms in total. The molecule has 0 aliphatic carbocycles. The van der Waals surface area contributed by atoms with Crippen molar-refractivity contribution < 1.29 is 13.6 Å². The number of halogens is 2. The summed E-state index contributed by atoms with van der Waals surface area (Å²) in [6, 6.07) is 0. The molecule has 1 aromatic rings. The molecule has 0 unspecified atom stereocenters. The first kappa shape index (κ1) is 8.83. The van der Waals surface area contributed by atoms with Crippen molar-refractivity contribution in [1.29, 1.82) is 0 Å². The summed E-state index contributed by atoms with van der Waals surface area (Å²) in [5.74, 6) is -1.22. The number of aryl methyl sites for hydroxylation is 1. The second-order valence-electron chi connectivity index (χ2n) is 2.25. The van der Waals surface area contributed by atoms with Gasteiger partial charge in [-0.15, -0.1) is 0 Å². The molecule has 12 heavy (non-hydrogen) atoms. The molecule has 0 fully saturated rings. The van der Waals surface area contributed by atoms with E-state index in [-0.39, 0.29) is 5.69 Å². The van der Waals surface area contributed by atoms with Crippen LogP contribution in [0, 0.1) is 0 Å². The van der Waals surface area contributed by atoms with Gasteiger partial charge in [-0.2, -0.15) is 0 Å². The molecule has 0 aliphatic rings. The summed E-state index contributed by atoms with van der Waals surface area (Å²) in [5.41, 5.74) is -0.174. The second-order valence-corrected chi connectivity index (χ2v) is 2.25. The summed E-state index contributed by atoms with van der Waals surface area (Å²) < 4.78 is 25.2. The maximum atomic E-state index is 11.8. The Morgan fingerprint density at radius 3 is 2.83 bits per heavy atom. The van der Waals surface area contributed by atoms with Gasteiger partial charge in [-0.25, -0.2) is 13.8 Å². The quantitative estimate of drug-likeness (QED) is 0.648. The number of aromatic nitrogens is 2. The third kappa shape index (κ3) is 1.66. The van der Waals surface area contributed by atoms with Gasteiger partial charge >= 0.3 is 6.43 Å². The Hall–Kier alpha value is -1.26. The Bertz CT molecular complexity index is 283. The van der Waals surface area contributed by atoms with Gasteiger partial charge in [0.1, 0.15) is 5.69 Å². The van der Waals surface area contributed by atoms with Crippen LogP contribution in [0.25, 0.3) is 0 Å². The third-order valence-electron chi connectivity index (χ3n) is 1.45. The maximum Gasteiger partial charge on any atom is 0.302 e. The predicted molar refractivity (Wildman–Crippen MR) is 38.2 cm³/mol. The lowest BCUT2D eigenvalue weighted by atomic mass is 10.3. The van der Waals surface area contributed by atoms with Crippen LogP contribution in [0.4, 0.5) is 8.78 Å². The first-order valence-corrected chi connectivity index (χ1v) is 3.49. The summed E-state index contributed by atoms with van der Waals surface area (Å²) in [4.78, 5) is 14.2. The van der Waals surface area contributed by atoms with Gasteiger partial charge in [0.25, 0.3) is 0 Å². The van der Waals surface area contributed by atoms with Crippen LogP contribution in [0.15, 0.2) is 12.5 Å². The van der Waals surface area contributed by atoms with Crippen molar-refractivity contribution in [2.24, 2.45) is 0 Å². The van der Waals surface area contributed by atoms with Gasteiger partial charge in [0.05, 0.1) is 6.33 Å². The van der Waals surface area contributed by atoms with Gasteiger partial charge in [0.2, 0.25) is 5.78 Å². The van der Waals surface area contributed by atoms with E-state index < -0.39 is 12.2 Å². The maximum absolute atomic E-state index is 11.8. The molecule has 1 heterocycles. The van der Waals surface area contributed by atoms with Crippen molar-refractivity contribution in [2.45, 2.75) is 19.9 Å². The molecule has 0 atom stereocenters. The summed E-state index contributed by atoms with van der Waals surface area (Å²) in [6.07, 6.45) is -0.297. The normalized spacial score (nSPS) is 10.7. The molecule has 66 valence electrons. The van der Waals surface area contributed by atoms with E-state index in [1.807, 2.05) is 6.92 Å². The molecule has 5 heteroatoms. The summed E-state index contributed by atoms with van der Waals surface area (Å²) in [6.45, 7) is 2.45. The van der Waals surface area contributed by atoms with E-state index in [2.05, 4.69) is 4.98 Å². The lowest BCUT2D eigenvalue weighted by Gasteiger charge is -1.92. The second kappa shape index (κ2) is 3.42. The van der Waals surface area contributed by atoms with Crippen molar-refractivity contribution >= 4 is 5.78 Å². The molecule has 0 aliphatic heterocycles. The number of carbonyl (C=O) groups is 1. The van der Waals surface area contributed by atoms with Gasteiger partial charge in [0.15, 0.2) is 0 Å². The Kier molecular flexibility index (Phi) is 2.52. The Balaban J connectivity index is 2.82. The lowest BCUT2D eigenvalue weighted by molar-refractivity contribution is 0.0673. The first-order valence-electron chi connectivity index (χ1n) is 3.49. The number of hydrogen-bond acceptors (Lipinski definition) is 2. The highest BCUT2D eigenvalue weighted by Crippen LogP contribution is 2.04. The topological polar surface area (TPSA) is 34.9 Å². The van der Waals surface area contributed by atoms with Crippen molar-refractivity contribution in [2.75, 3.05) is 0 Å². The Morgan fingerprint density at radius 2 is 2.42 bits per heavy atom. The van der Waals surface area contributed by atoms with Crippen LogP contribution < -0.4 is 0 Å². The zero-order valence-corrected chi connectivity index (χ0v) is 6.50. The Morgan fingerprint density at radius 1 is 1.75 bits per heavy atom. The van der Waals surface area contributed by atoms with Crippen LogP contribution in [-0.2, 0) is 6.54 Å². The monoisotopic (exact) mass is 174 g/mol. The van der Waals surface area contributed by atoms with E-state index in [4.69, 9.17) is 0 Å². The zero-order valence-electron chi connectivity index (χ0n) is 6.50. The average molecular weight is 174 g/mol. The number of nitrogens with zero attached hydrogens (tertiary/aromatic N) is 2. The predicted octanol–water partition coefficient (Wildman–Crippen LogP) is 1.35. The minimum absolute atomic E-state index is 0.174. The molecule has 0 N–H and O–H groups in total. The molecule has 0 saturated heterocycles. The van der Waals surface area contributed by atoms with E-state index >= 15 is 0 Å².